The van der Waals surface area contributed by atoms with Crippen LogP contribution in [0.2, 0.25) is 5.15 Å². The van der Waals surface area contributed by atoms with Gasteiger partial charge in [-0.3, -0.25) is 0 Å². The summed E-state index contributed by atoms with van der Waals surface area (Å²) in [6.07, 6.45) is 0. The van der Waals surface area contributed by atoms with E-state index in [1.165, 1.54) is 26.7 Å². The first-order valence-corrected chi connectivity index (χ1v) is 6.97. The molecule has 2 aromatic heterocycles. The summed E-state index contributed by atoms with van der Waals surface area (Å²) in [5.41, 5.74) is 1.31. The maximum atomic E-state index is 8.77. The van der Waals surface area contributed by atoms with Gasteiger partial charge in [-0.25, -0.2) is 4.98 Å². The van der Waals surface area contributed by atoms with Gasteiger partial charge in [0.25, 0.3) is 0 Å². The van der Waals surface area contributed by atoms with E-state index in [9.17, 15) is 0 Å². The zero-order valence-electron chi connectivity index (χ0n) is 9.37. The molecule has 17 heavy (non-hydrogen) atoms. The molecule has 0 saturated heterocycles. The number of anilines is 1. The van der Waals surface area contributed by atoms with Crippen LogP contribution in [0, 0.1) is 25.2 Å². The van der Waals surface area contributed by atoms with E-state index in [0.717, 1.165) is 0 Å². The second kappa shape index (κ2) is 5.05. The largest absolute Gasteiger partial charge is 0.357 e. The lowest BCUT2D eigenvalue weighted by Gasteiger charge is -1.98. The van der Waals surface area contributed by atoms with Crippen molar-refractivity contribution in [3.05, 3.63) is 31.4 Å². The number of thiazole rings is 1. The van der Waals surface area contributed by atoms with E-state index in [2.05, 4.69) is 30.2 Å². The number of aryl methyl sites for hydroxylation is 2. The van der Waals surface area contributed by atoms with Crippen LogP contribution in [0.5, 0.6) is 0 Å². The van der Waals surface area contributed by atoms with E-state index >= 15 is 0 Å². The SMILES string of the molecule is Cc1cc(CNc2nc(Cl)c(C#N)s2)sc1C. The highest BCUT2D eigenvalue weighted by atomic mass is 35.5. The molecule has 3 nitrogen and oxygen atoms in total. The topological polar surface area (TPSA) is 48.7 Å². The standard InChI is InChI=1S/C11H10ClN3S2/c1-6-3-8(16-7(6)2)5-14-11-15-10(12)9(4-13)17-11/h3H,5H2,1-2H3,(H,14,15). The van der Waals surface area contributed by atoms with Crippen molar-refractivity contribution in [2.75, 3.05) is 5.32 Å². The van der Waals surface area contributed by atoms with Crippen LogP contribution in [-0.2, 0) is 6.54 Å². The Bertz CT molecular complexity index is 561. The van der Waals surface area contributed by atoms with Crippen LogP contribution >= 0.6 is 34.3 Å². The van der Waals surface area contributed by atoms with Crippen molar-refractivity contribution in [1.82, 2.24) is 4.98 Å². The van der Waals surface area contributed by atoms with Crippen LogP contribution in [0.25, 0.3) is 0 Å². The summed E-state index contributed by atoms with van der Waals surface area (Å²) in [6, 6.07) is 4.17. The van der Waals surface area contributed by atoms with Gasteiger partial charge in [0.1, 0.15) is 10.9 Å². The summed E-state index contributed by atoms with van der Waals surface area (Å²) < 4.78 is 0. The number of aromatic nitrogens is 1. The van der Waals surface area contributed by atoms with Gasteiger partial charge in [-0.15, -0.1) is 11.3 Å². The number of nitrogens with one attached hydrogen (secondary N) is 1. The fourth-order valence-corrected chi connectivity index (χ4v) is 3.28. The van der Waals surface area contributed by atoms with Gasteiger partial charge in [-0.05, 0) is 25.5 Å². The number of rotatable bonds is 3. The van der Waals surface area contributed by atoms with Crippen molar-refractivity contribution < 1.29 is 0 Å². The summed E-state index contributed by atoms with van der Waals surface area (Å²) in [6.45, 7) is 4.93. The molecule has 0 amide bonds. The molecule has 0 spiro atoms. The third-order valence-electron chi connectivity index (χ3n) is 2.32. The third-order valence-corrected chi connectivity index (χ3v) is 4.77. The van der Waals surface area contributed by atoms with Crippen LogP contribution in [0.3, 0.4) is 0 Å². The van der Waals surface area contributed by atoms with Crippen LogP contribution in [0.1, 0.15) is 20.2 Å². The molecule has 0 aliphatic carbocycles. The third kappa shape index (κ3) is 2.78. The number of hydrogen-bond acceptors (Lipinski definition) is 5. The summed E-state index contributed by atoms with van der Waals surface area (Å²) in [4.78, 5) is 7.12. The Balaban J connectivity index is 2.05. The molecule has 0 atom stereocenters. The predicted molar refractivity (Wildman–Crippen MR) is 73.0 cm³/mol. The highest BCUT2D eigenvalue weighted by Gasteiger charge is 2.08. The van der Waals surface area contributed by atoms with Crippen molar-refractivity contribution >= 4 is 39.4 Å². The lowest BCUT2D eigenvalue weighted by atomic mass is 10.3. The molecule has 88 valence electrons. The number of hydrogen-bond donors (Lipinski definition) is 1. The Morgan fingerprint density at radius 1 is 1.47 bits per heavy atom. The molecule has 0 unspecified atom stereocenters. The van der Waals surface area contributed by atoms with Crippen molar-refractivity contribution in [1.29, 1.82) is 5.26 Å². The first-order valence-electron chi connectivity index (χ1n) is 4.96. The monoisotopic (exact) mass is 283 g/mol. The molecule has 6 heteroatoms. The molecule has 2 heterocycles. The summed E-state index contributed by atoms with van der Waals surface area (Å²) in [7, 11) is 0. The average molecular weight is 284 g/mol. The minimum Gasteiger partial charge on any atom is -0.357 e. The first kappa shape index (κ1) is 12.4. The fraction of sp³-hybridized carbons (Fsp3) is 0.273. The molecule has 2 rings (SSSR count). The van der Waals surface area contributed by atoms with E-state index < -0.39 is 0 Å². The zero-order valence-corrected chi connectivity index (χ0v) is 11.8. The van der Waals surface area contributed by atoms with Crippen molar-refractivity contribution in [2.45, 2.75) is 20.4 Å². The highest BCUT2D eigenvalue weighted by Crippen LogP contribution is 2.27. The van der Waals surface area contributed by atoms with Gasteiger partial charge in [0.05, 0.1) is 6.54 Å². The van der Waals surface area contributed by atoms with Crippen LogP contribution in [0.4, 0.5) is 5.13 Å². The Labute approximate surface area is 113 Å². The van der Waals surface area contributed by atoms with Gasteiger partial charge in [0, 0.05) is 9.75 Å². The van der Waals surface area contributed by atoms with E-state index in [0.29, 0.717) is 16.6 Å². The van der Waals surface area contributed by atoms with Gasteiger partial charge in [-0.2, -0.15) is 5.26 Å². The second-order valence-corrected chi connectivity index (χ2v) is 6.25. The highest BCUT2D eigenvalue weighted by molar-refractivity contribution is 7.16. The Kier molecular flexibility index (Phi) is 3.67. The van der Waals surface area contributed by atoms with Crippen molar-refractivity contribution in [3.8, 4) is 6.07 Å². The van der Waals surface area contributed by atoms with Crippen LogP contribution < -0.4 is 5.32 Å². The maximum Gasteiger partial charge on any atom is 0.185 e. The molecule has 0 aromatic carbocycles. The Morgan fingerprint density at radius 2 is 2.24 bits per heavy atom. The summed E-state index contributed by atoms with van der Waals surface area (Å²) in [5.74, 6) is 0. The molecule has 0 saturated carbocycles. The maximum absolute atomic E-state index is 8.77. The smallest absolute Gasteiger partial charge is 0.185 e. The minimum absolute atomic E-state index is 0.276. The number of halogens is 1. The zero-order chi connectivity index (χ0) is 12.4. The number of nitriles is 1. The van der Waals surface area contributed by atoms with E-state index in [1.807, 2.05) is 6.07 Å². The molecular weight excluding hydrogens is 274 g/mol. The van der Waals surface area contributed by atoms with E-state index in [4.69, 9.17) is 16.9 Å². The van der Waals surface area contributed by atoms with Crippen LogP contribution in [-0.4, -0.2) is 4.98 Å². The summed E-state index contributed by atoms with van der Waals surface area (Å²) >= 11 is 8.84. The molecule has 0 fully saturated rings. The van der Waals surface area contributed by atoms with Crippen molar-refractivity contribution in [2.24, 2.45) is 0 Å². The molecule has 0 aliphatic heterocycles. The first-order chi connectivity index (χ1) is 8.10. The fourth-order valence-electron chi connectivity index (χ4n) is 1.35. The number of nitrogens with zero attached hydrogens (tertiary/aromatic N) is 2. The van der Waals surface area contributed by atoms with Gasteiger partial charge < -0.3 is 5.32 Å². The molecule has 0 aliphatic rings. The van der Waals surface area contributed by atoms with Gasteiger partial charge in [-0.1, -0.05) is 22.9 Å². The molecule has 0 bridgehead atoms. The van der Waals surface area contributed by atoms with Crippen LogP contribution in [0.15, 0.2) is 6.07 Å². The lowest BCUT2D eigenvalue weighted by molar-refractivity contribution is 1.17. The average Bonchev–Trinajstić information content (AvgIpc) is 2.80. The van der Waals surface area contributed by atoms with Gasteiger partial charge in [0.15, 0.2) is 10.3 Å². The molecular formula is C11H10ClN3S2. The van der Waals surface area contributed by atoms with E-state index in [-0.39, 0.29) is 5.15 Å². The molecule has 0 radical (unpaired) electrons. The Hall–Kier alpha value is -1.09. The van der Waals surface area contributed by atoms with E-state index in [1.54, 1.807) is 11.3 Å². The lowest BCUT2D eigenvalue weighted by Crippen LogP contribution is -1.96. The normalized spacial score (nSPS) is 10.2. The Morgan fingerprint density at radius 3 is 2.76 bits per heavy atom. The minimum atomic E-state index is 0.276. The molecule has 2 aromatic rings. The van der Waals surface area contributed by atoms with Gasteiger partial charge >= 0.3 is 0 Å². The predicted octanol–water partition coefficient (Wildman–Crippen LogP) is 3.96. The van der Waals surface area contributed by atoms with Gasteiger partial charge in [0.2, 0.25) is 0 Å². The quantitative estimate of drug-likeness (QED) is 0.927. The molecule has 1 N–H and O–H groups in total. The number of thiophene rings is 1. The summed E-state index contributed by atoms with van der Waals surface area (Å²) in [5, 5.41) is 12.9. The van der Waals surface area contributed by atoms with Crippen molar-refractivity contribution in [3.63, 3.8) is 0 Å². The second-order valence-electron chi connectivity index (χ2n) is 3.56.